The number of benzene rings is 2. The molecule has 0 aliphatic rings. The SMILES string of the molecule is CSc1ccc(Cc2[c]oc3ccccc23)cc1. The lowest BCUT2D eigenvalue weighted by Crippen LogP contribution is -1.86. The Balaban J connectivity index is 1.91. The van der Waals surface area contributed by atoms with Crippen LogP contribution in [0.1, 0.15) is 11.1 Å². The molecule has 0 saturated carbocycles. The summed E-state index contributed by atoms with van der Waals surface area (Å²) >= 11 is 1.76. The summed E-state index contributed by atoms with van der Waals surface area (Å²) in [6.45, 7) is 0. The number of rotatable bonds is 3. The number of para-hydroxylation sites is 1. The molecule has 1 nitrogen and oxygen atoms in total. The van der Waals surface area contributed by atoms with E-state index in [0.717, 1.165) is 23.0 Å². The van der Waals surface area contributed by atoms with Gasteiger partial charge in [0.1, 0.15) is 5.58 Å². The maximum absolute atomic E-state index is 5.44. The Morgan fingerprint density at radius 3 is 2.61 bits per heavy atom. The van der Waals surface area contributed by atoms with Crippen LogP contribution in [0.2, 0.25) is 0 Å². The maximum atomic E-state index is 5.44. The Hall–Kier alpha value is -1.67. The smallest absolute Gasteiger partial charge is 0.174 e. The zero-order valence-corrected chi connectivity index (χ0v) is 11.0. The second kappa shape index (κ2) is 4.91. The van der Waals surface area contributed by atoms with E-state index in [1.54, 1.807) is 11.8 Å². The lowest BCUT2D eigenvalue weighted by atomic mass is 10.0. The molecule has 0 aliphatic carbocycles. The van der Waals surface area contributed by atoms with Gasteiger partial charge >= 0.3 is 0 Å². The van der Waals surface area contributed by atoms with Crippen molar-refractivity contribution in [2.24, 2.45) is 0 Å². The van der Waals surface area contributed by atoms with Crippen molar-refractivity contribution < 1.29 is 4.42 Å². The van der Waals surface area contributed by atoms with Crippen molar-refractivity contribution in [1.29, 1.82) is 0 Å². The quantitative estimate of drug-likeness (QED) is 0.635. The molecule has 0 atom stereocenters. The van der Waals surface area contributed by atoms with Crippen molar-refractivity contribution in [2.75, 3.05) is 6.26 Å². The highest BCUT2D eigenvalue weighted by Crippen LogP contribution is 2.23. The van der Waals surface area contributed by atoms with E-state index < -0.39 is 0 Å². The van der Waals surface area contributed by atoms with Gasteiger partial charge in [-0.05, 0) is 30.0 Å². The van der Waals surface area contributed by atoms with Crippen LogP contribution in [-0.2, 0) is 6.42 Å². The Kier molecular flexibility index (Phi) is 3.11. The lowest BCUT2D eigenvalue weighted by Gasteiger charge is -2.01. The second-order valence-electron chi connectivity index (χ2n) is 4.20. The van der Waals surface area contributed by atoms with Crippen LogP contribution in [0.3, 0.4) is 0 Å². The molecule has 0 amide bonds. The van der Waals surface area contributed by atoms with Crippen LogP contribution in [0.25, 0.3) is 11.0 Å². The van der Waals surface area contributed by atoms with Crippen LogP contribution in [0.4, 0.5) is 0 Å². The highest BCUT2D eigenvalue weighted by Gasteiger charge is 2.06. The lowest BCUT2D eigenvalue weighted by molar-refractivity contribution is 0.601. The minimum absolute atomic E-state index is 0.867. The van der Waals surface area contributed by atoms with E-state index in [1.807, 2.05) is 18.2 Å². The van der Waals surface area contributed by atoms with Crippen molar-refractivity contribution in [2.45, 2.75) is 11.3 Å². The van der Waals surface area contributed by atoms with Gasteiger partial charge in [0.2, 0.25) is 0 Å². The molecule has 2 heteroatoms. The van der Waals surface area contributed by atoms with Crippen molar-refractivity contribution in [3.05, 3.63) is 65.9 Å². The van der Waals surface area contributed by atoms with E-state index >= 15 is 0 Å². The first-order valence-electron chi connectivity index (χ1n) is 5.88. The normalized spacial score (nSPS) is 10.9. The predicted octanol–water partition coefficient (Wildman–Crippen LogP) is 4.55. The Morgan fingerprint density at radius 1 is 1.06 bits per heavy atom. The second-order valence-corrected chi connectivity index (χ2v) is 5.08. The number of thioether (sulfide) groups is 1. The molecule has 0 N–H and O–H groups in total. The summed E-state index contributed by atoms with van der Waals surface area (Å²) in [6, 6.07) is 16.7. The van der Waals surface area contributed by atoms with Crippen LogP contribution in [0.15, 0.2) is 57.8 Å². The molecule has 18 heavy (non-hydrogen) atoms. The van der Waals surface area contributed by atoms with Crippen molar-refractivity contribution in [3.63, 3.8) is 0 Å². The van der Waals surface area contributed by atoms with Crippen LogP contribution < -0.4 is 0 Å². The fourth-order valence-electron chi connectivity index (χ4n) is 2.06. The van der Waals surface area contributed by atoms with Crippen molar-refractivity contribution >= 4 is 22.7 Å². The van der Waals surface area contributed by atoms with E-state index in [9.17, 15) is 0 Å². The molecule has 0 saturated heterocycles. The molecule has 3 rings (SSSR count). The molecular formula is C16H13OS. The van der Waals surface area contributed by atoms with Gasteiger partial charge in [-0.1, -0.05) is 30.3 Å². The first-order chi connectivity index (χ1) is 8.86. The molecule has 3 aromatic rings. The van der Waals surface area contributed by atoms with Gasteiger partial charge in [-0.2, -0.15) is 0 Å². The Bertz CT molecular complexity index is 652. The molecule has 2 aromatic carbocycles. The van der Waals surface area contributed by atoms with Crippen LogP contribution in [0, 0.1) is 6.26 Å². The maximum Gasteiger partial charge on any atom is 0.174 e. The summed E-state index contributed by atoms with van der Waals surface area (Å²) < 4.78 is 5.44. The minimum atomic E-state index is 0.867. The Labute approximate surface area is 111 Å². The Morgan fingerprint density at radius 2 is 1.83 bits per heavy atom. The molecule has 1 aromatic heterocycles. The zero-order chi connectivity index (χ0) is 12.4. The standard InChI is InChI=1S/C16H13OS/c1-18-14-8-6-12(7-9-14)10-13-11-17-16-5-3-2-4-15(13)16/h2-9H,10H2,1H3. The predicted molar refractivity (Wildman–Crippen MR) is 76.1 cm³/mol. The summed E-state index contributed by atoms with van der Waals surface area (Å²) in [5.41, 5.74) is 3.33. The molecule has 0 unspecified atom stereocenters. The van der Waals surface area contributed by atoms with Gasteiger partial charge in [-0.25, -0.2) is 0 Å². The number of furan rings is 1. The van der Waals surface area contributed by atoms with Gasteiger partial charge in [0.15, 0.2) is 6.26 Å². The minimum Gasteiger partial charge on any atom is -0.452 e. The number of hydrogen-bond donors (Lipinski definition) is 0. The summed E-state index contributed by atoms with van der Waals surface area (Å²) in [5.74, 6) is 0. The summed E-state index contributed by atoms with van der Waals surface area (Å²) in [4.78, 5) is 1.29. The van der Waals surface area contributed by atoms with Crippen LogP contribution >= 0.6 is 11.8 Å². The fraction of sp³-hybridized carbons (Fsp3) is 0.125. The first-order valence-corrected chi connectivity index (χ1v) is 7.10. The van der Waals surface area contributed by atoms with Gasteiger partial charge in [-0.3, -0.25) is 0 Å². The number of hydrogen-bond acceptors (Lipinski definition) is 2. The monoisotopic (exact) mass is 253 g/mol. The van der Waals surface area contributed by atoms with E-state index in [1.165, 1.54) is 10.5 Å². The third-order valence-corrected chi connectivity index (χ3v) is 3.78. The molecule has 0 spiro atoms. The number of fused-ring (bicyclic) bond motifs is 1. The highest BCUT2D eigenvalue weighted by molar-refractivity contribution is 7.98. The van der Waals surface area contributed by atoms with E-state index in [2.05, 4.69) is 42.9 Å². The molecule has 0 aliphatic heterocycles. The first kappa shape index (κ1) is 11.4. The third kappa shape index (κ3) is 2.16. The molecule has 0 bridgehead atoms. The van der Waals surface area contributed by atoms with Gasteiger partial charge < -0.3 is 4.42 Å². The van der Waals surface area contributed by atoms with Crippen molar-refractivity contribution in [1.82, 2.24) is 0 Å². The largest absolute Gasteiger partial charge is 0.452 e. The van der Waals surface area contributed by atoms with Gasteiger partial charge in [-0.15, -0.1) is 11.8 Å². The molecule has 1 radical (unpaired) electrons. The summed E-state index contributed by atoms with van der Waals surface area (Å²) in [7, 11) is 0. The zero-order valence-electron chi connectivity index (χ0n) is 10.1. The van der Waals surface area contributed by atoms with E-state index in [-0.39, 0.29) is 0 Å². The average Bonchev–Trinajstić information content (AvgIpc) is 2.83. The summed E-state index contributed by atoms with van der Waals surface area (Å²) in [6.07, 6.45) is 5.97. The molecule has 0 fully saturated rings. The van der Waals surface area contributed by atoms with Gasteiger partial charge in [0, 0.05) is 22.3 Å². The average molecular weight is 253 g/mol. The van der Waals surface area contributed by atoms with Crippen LogP contribution in [0.5, 0.6) is 0 Å². The van der Waals surface area contributed by atoms with Crippen LogP contribution in [-0.4, -0.2) is 6.26 Å². The summed E-state index contributed by atoms with van der Waals surface area (Å²) in [5, 5.41) is 1.16. The van der Waals surface area contributed by atoms with Gasteiger partial charge in [0.25, 0.3) is 0 Å². The van der Waals surface area contributed by atoms with Gasteiger partial charge in [0.05, 0.1) is 0 Å². The molecule has 89 valence electrons. The highest BCUT2D eigenvalue weighted by atomic mass is 32.2. The molecule has 1 heterocycles. The molecular weight excluding hydrogens is 240 g/mol. The van der Waals surface area contributed by atoms with E-state index in [0.29, 0.717) is 0 Å². The fourth-order valence-corrected chi connectivity index (χ4v) is 2.46. The van der Waals surface area contributed by atoms with E-state index in [4.69, 9.17) is 4.42 Å². The topological polar surface area (TPSA) is 13.1 Å². The third-order valence-electron chi connectivity index (χ3n) is 3.04. The van der Waals surface area contributed by atoms with Crippen molar-refractivity contribution in [3.8, 4) is 0 Å².